The zero-order valence-electron chi connectivity index (χ0n) is 10.9. The number of para-hydroxylation sites is 1. The van der Waals surface area contributed by atoms with Crippen molar-refractivity contribution in [3.05, 3.63) is 30.3 Å². The van der Waals surface area contributed by atoms with E-state index in [1.807, 2.05) is 30.3 Å². The van der Waals surface area contributed by atoms with Gasteiger partial charge in [-0.15, -0.1) is 0 Å². The van der Waals surface area contributed by atoms with Crippen LogP contribution in [0.3, 0.4) is 0 Å². The standard InChI is InChI=1S/C14H20N4O/c15-12(16)14(9-5-2-6-10-14)18-13(19)17-11-7-3-1-4-8-11/h1,3-4,7-8H,2,5-6,9-10H2,(H3,15,16)(H2,17,18,19). The molecule has 5 heteroatoms. The van der Waals surface area contributed by atoms with E-state index in [9.17, 15) is 4.79 Å². The van der Waals surface area contributed by atoms with Crippen LogP contribution in [-0.4, -0.2) is 17.4 Å². The minimum Gasteiger partial charge on any atom is -0.386 e. The highest BCUT2D eigenvalue weighted by Crippen LogP contribution is 2.28. The molecule has 1 aromatic carbocycles. The lowest BCUT2D eigenvalue weighted by Gasteiger charge is -2.36. The van der Waals surface area contributed by atoms with Crippen LogP contribution in [-0.2, 0) is 0 Å². The minimum absolute atomic E-state index is 0.0513. The minimum atomic E-state index is -0.670. The first-order valence-corrected chi connectivity index (χ1v) is 6.61. The first-order chi connectivity index (χ1) is 9.12. The number of carbonyl (C=O) groups excluding carboxylic acids is 1. The number of amides is 2. The van der Waals surface area contributed by atoms with E-state index in [2.05, 4.69) is 10.6 Å². The monoisotopic (exact) mass is 260 g/mol. The Bertz CT molecular complexity index is 452. The fraction of sp³-hybridized carbons (Fsp3) is 0.429. The fourth-order valence-electron chi connectivity index (χ4n) is 2.52. The maximum atomic E-state index is 12.0. The molecule has 0 unspecified atom stereocenters. The van der Waals surface area contributed by atoms with Gasteiger partial charge in [0.2, 0.25) is 0 Å². The number of anilines is 1. The normalized spacial score (nSPS) is 17.5. The number of amidine groups is 1. The van der Waals surface area contributed by atoms with E-state index in [1.54, 1.807) is 0 Å². The van der Waals surface area contributed by atoms with Gasteiger partial charge in [-0.1, -0.05) is 37.5 Å². The molecule has 5 N–H and O–H groups in total. The highest BCUT2D eigenvalue weighted by atomic mass is 16.2. The van der Waals surface area contributed by atoms with Crippen LogP contribution in [0.4, 0.5) is 10.5 Å². The second kappa shape index (κ2) is 5.73. The summed E-state index contributed by atoms with van der Waals surface area (Å²) in [5.41, 5.74) is 5.75. The molecule has 1 aliphatic carbocycles. The third-order valence-corrected chi connectivity index (χ3v) is 3.61. The van der Waals surface area contributed by atoms with E-state index < -0.39 is 5.54 Å². The molecular weight excluding hydrogens is 240 g/mol. The molecule has 1 saturated carbocycles. The molecule has 1 fully saturated rings. The van der Waals surface area contributed by atoms with Gasteiger partial charge in [0.15, 0.2) is 0 Å². The molecule has 1 aromatic rings. The smallest absolute Gasteiger partial charge is 0.320 e. The Morgan fingerprint density at radius 1 is 1.16 bits per heavy atom. The lowest BCUT2D eigenvalue weighted by molar-refractivity contribution is 0.235. The summed E-state index contributed by atoms with van der Waals surface area (Å²) in [4.78, 5) is 12.0. The molecule has 0 heterocycles. The zero-order chi connectivity index (χ0) is 13.7. The van der Waals surface area contributed by atoms with Crippen molar-refractivity contribution in [3.63, 3.8) is 0 Å². The largest absolute Gasteiger partial charge is 0.386 e. The van der Waals surface area contributed by atoms with Crippen molar-refractivity contribution >= 4 is 17.6 Å². The molecule has 0 aromatic heterocycles. The first kappa shape index (κ1) is 13.4. The highest BCUT2D eigenvalue weighted by Gasteiger charge is 2.36. The van der Waals surface area contributed by atoms with Crippen molar-refractivity contribution in [3.8, 4) is 0 Å². The van der Waals surface area contributed by atoms with E-state index >= 15 is 0 Å². The SMILES string of the molecule is N=C(N)C1(NC(=O)Nc2ccccc2)CCCCC1. The third-order valence-electron chi connectivity index (χ3n) is 3.61. The van der Waals surface area contributed by atoms with Gasteiger partial charge in [-0.25, -0.2) is 4.79 Å². The number of hydrogen-bond acceptors (Lipinski definition) is 2. The van der Waals surface area contributed by atoms with Crippen molar-refractivity contribution in [2.75, 3.05) is 5.32 Å². The van der Waals surface area contributed by atoms with E-state index in [0.717, 1.165) is 37.8 Å². The quantitative estimate of drug-likeness (QED) is 0.496. The second-order valence-corrected chi connectivity index (χ2v) is 5.00. The van der Waals surface area contributed by atoms with Crippen LogP contribution >= 0.6 is 0 Å². The van der Waals surface area contributed by atoms with Crippen LogP contribution in [0.2, 0.25) is 0 Å². The molecule has 0 radical (unpaired) electrons. The maximum Gasteiger partial charge on any atom is 0.320 e. The van der Waals surface area contributed by atoms with Gasteiger partial charge in [0.1, 0.15) is 5.84 Å². The molecule has 2 amide bonds. The van der Waals surface area contributed by atoms with Gasteiger partial charge in [-0.2, -0.15) is 0 Å². The summed E-state index contributed by atoms with van der Waals surface area (Å²) in [6, 6.07) is 8.94. The summed E-state index contributed by atoms with van der Waals surface area (Å²) >= 11 is 0. The summed E-state index contributed by atoms with van der Waals surface area (Å²) in [5, 5.41) is 13.4. The maximum absolute atomic E-state index is 12.0. The molecule has 2 rings (SSSR count). The number of rotatable bonds is 3. The summed E-state index contributed by atoms with van der Waals surface area (Å²) in [7, 11) is 0. The average molecular weight is 260 g/mol. The van der Waals surface area contributed by atoms with Crippen molar-refractivity contribution in [2.24, 2.45) is 5.73 Å². The molecule has 0 saturated heterocycles. The molecule has 0 aliphatic heterocycles. The topological polar surface area (TPSA) is 91.0 Å². The lowest BCUT2D eigenvalue weighted by atomic mass is 9.81. The first-order valence-electron chi connectivity index (χ1n) is 6.61. The summed E-state index contributed by atoms with van der Waals surface area (Å²) in [6.07, 6.45) is 4.60. The van der Waals surface area contributed by atoms with Gasteiger partial charge in [0.25, 0.3) is 0 Å². The van der Waals surface area contributed by atoms with Gasteiger partial charge in [-0.05, 0) is 25.0 Å². The van der Waals surface area contributed by atoms with E-state index in [0.29, 0.717) is 0 Å². The summed E-state index contributed by atoms with van der Waals surface area (Å²) in [5.74, 6) is 0.0513. The highest BCUT2D eigenvalue weighted by molar-refractivity contribution is 5.96. The molecule has 0 spiro atoms. The molecule has 19 heavy (non-hydrogen) atoms. The van der Waals surface area contributed by atoms with Crippen LogP contribution in [0.15, 0.2) is 30.3 Å². The van der Waals surface area contributed by atoms with Gasteiger partial charge in [0, 0.05) is 5.69 Å². The van der Waals surface area contributed by atoms with Gasteiger partial charge in [-0.3, -0.25) is 5.41 Å². The number of nitrogens with one attached hydrogen (secondary N) is 3. The van der Waals surface area contributed by atoms with Gasteiger partial charge >= 0.3 is 6.03 Å². The van der Waals surface area contributed by atoms with E-state index in [1.165, 1.54) is 0 Å². The van der Waals surface area contributed by atoms with Crippen LogP contribution in [0, 0.1) is 5.41 Å². The number of hydrogen-bond donors (Lipinski definition) is 4. The molecule has 5 nitrogen and oxygen atoms in total. The zero-order valence-corrected chi connectivity index (χ0v) is 10.9. The molecule has 102 valence electrons. The third kappa shape index (κ3) is 3.24. The van der Waals surface area contributed by atoms with Crippen molar-refractivity contribution in [1.82, 2.24) is 5.32 Å². The second-order valence-electron chi connectivity index (χ2n) is 5.00. The fourth-order valence-corrected chi connectivity index (χ4v) is 2.52. The van der Waals surface area contributed by atoms with E-state index in [4.69, 9.17) is 11.1 Å². The Morgan fingerprint density at radius 2 is 1.79 bits per heavy atom. The number of urea groups is 1. The van der Waals surface area contributed by atoms with Gasteiger partial charge < -0.3 is 16.4 Å². The lowest BCUT2D eigenvalue weighted by Crippen LogP contribution is -2.59. The Morgan fingerprint density at radius 3 is 2.37 bits per heavy atom. The van der Waals surface area contributed by atoms with Crippen molar-refractivity contribution in [2.45, 2.75) is 37.6 Å². The molecule has 0 atom stereocenters. The number of carbonyl (C=O) groups is 1. The molecule has 0 bridgehead atoms. The predicted molar refractivity (Wildman–Crippen MR) is 76.3 cm³/mol. The Balaban J connectivity index is 2.01. The predicted octanol–water partition coefficient (Wildman–Crippen LogP) is 2.45. The van der Waals surface area contributed by atoms with Crippen LogP contribution < -0.4 is 16.4 Å². The number of nitrogens with two attached hydrogens (primary N) is 1. The Kier molecular flexibility index (Phi) is 4.04. The van der Waals surface area contributed by atoms with Crippen LogP contribution in [0.25, 0.3) is 0 Å². The molecular formula is C14H20N4O. The Hall–Kier alpha value is -2.04. The van der Waals surface area contributed by atoms with Crippen molar-refractivity contribution in [1.29, 1.82) is 5.41 Å². The Labute approximate surface area is 113 Å². The number of benzene rings is 1. The van der Waals surface area contributed by atoms with Gasteiger partial charge in [0.05, 0.1) is 5.54 Å². The average Bonchev–Trinajstić information content (AvgIpc) is 2.40. The van der Waals surface area contributed by atoms with E-state index in [-0.39, 0.29) is 11.9 Å². The summed E-state index contributed by atoms with van der Waals surface area (Å²) in [6.45, 7) is 0. The molecule has 1 aliphatic rings. The van der Waals surface area contributed by atoms with Crippen LogP contribution in [0.5, 0.6) is 0 Å². The van der Waals surface area contributed by atoms with Crippen molar-refractivity contribution < 1.29 is 4.79 Å². The van der Waals surface area contributed by atoms with Crippen LogP contribution in [0.1, 0.15) is 32.1 Å². The summed E-state index contributed by atoms with van der Waals surface area (Å²) < 4.78 is 0.